The van der Waals surface area contributed by atoms with Crippen molar-refractivity contribution < 1.29 is 9.21 Å². The van der Waals surface area contributed by atoms with Crippen LogP contribution in [-0.4, -0.2) is 45.2 Å². The van der Waals surface area contributed by atoms with E-state index in [9.17, 15) is 4.79 Å². The zero-order valence-electron chi connectivity index (χ0n) is 13.1. The fraction of sp³-hybridized carbons (Fsp3) is 0.533. The third kappa shape index (κ3) is 3.22. The number of hydrogen-bond donors (Lipinski definition) is 1. The molecule has 0 aromatic carbocycles. The van der Waals surface area contributed by atoms with Crippen molar-refractivity contribution in [2.45, 2.75) is 31.8 Å². The van der Waals surface area contributed by atoms with Gasteiger partial charge >= 0.3 is 0 Å². The van der Waals surface area contributed by atoms with Crippen molar-refractivity contribution in [2.24, 2.45) is 0 Å². The molecule has 7 nitrogen and oxygen atoms in total. The molecular weight excluding hydrogens is 398 g/mol. The number of fused-ring (bicyclic) bond motifs is 1. The van der Waals surface area contributed by atoms with Gasteiger partial charge in [-0.3, -0.25) is 4.79 Å². The molecule has 0 spiro atoms. The van der Waals surface area contributed by atoms with E-state index in [4.69, 9.17) is 4.42 Å². The van der Waals surface area contributed by atoms with E-state index in [-0.39, 0.29) is 18.3 Å². The van der Waals surface area contributed by atoms with E-state index in [0.717, 1.165) is 57.2 Å². The molecule has 1 saturated heterocycles. The van der Waals surface area contributed by atoms with Crippen molar-refractivity contribution in [1.29, 1.82) is 0 Å². The number of nitrogens with one attached hydrogen (secondary N) is 1. The fourth-order valence-corrected chi connectivity index (χ4v) is 3.65. The fourth-order valence-electron chi connectivity index (χ4n) is 3.34. The minimum Gasteiger partial charge on any atom is -0.444 e. The lowest BCUT2D eigenvalue weighted by atomic mass is 9.95. The van der Waals surface area contributed by atoms with Gasteiger partial charge in [0.15, 0.2) is 10.4 Å². The molecule has 9 heteroatoms. The molecule has 0 bridgehead atoms. The van der Waals surface area contributed by atoms with Crippen LogP contribution in [0.25, 0.3) is 0 Å². The van der Waals surface area contributed by atoms with Gasteiger partial charge in [-0.15, -0.1) is 22.6 Å². The summed E-state index contributed by atoms with van der Waals surface area (Å²) in [5, 5.41) is 12.0. The molecule has 4 rings (SSSR count). The maximum absolute atomic E-state index is 12.4. The Morgan fingerprint density at radius 1 is 1.25 bits per heavy atom. The molecule has 0 saturated carbocycles. The van der Waals surface area contributed by atoms with E-state index in [1.807, 2.05) is 4.90 Å². The van der Waals surface area contributed by atoms with Gasteiger partial charge < -0.3 is 19.2 Å². The molecule has 2 aliphatic rings. The third-order valence-electron chi connectivity index (χ3n) is 4.58. The Morgan fingerprint density at radius 3 is 2.75 bits per heavy atom. The number of hydrogen-bond acceptors (Lipinski definition) is 5. The summed E-state index contributed by atoms with van der Waals surface area (Å²) < 4.78 is 8.19. The monoisotopic (exact) mass is 415 g/mol. The lowest BCUT2D eigenvalue weighted by molar-refractivity contribution is 0.0676. The lowest BCUT2D eigenvalue weighted by Gasteiger charge is -2.31. The summed E-state index contributed by atoms with van der Waals surface area (Å²) >= 11 is 3.23. The van der Waals surface area contributed by atoms with Crippen molar-refractivity contribution in [3.8, 4) is 0 Å². The molecule has 0 atom stereocenters. The third-order valence-corrected chi connectivity index (χ3v) is 5.01. The first-order valence-corrected chi connectivity index (χ1v) is 8.69. The van der Waals surface area contributed by atoms with Crippen molar-refractivity contribution in [2.75, 3.05) is 19.6 Å². The maximum Gasteiger partial charge on any atom is 0.289 e. The second-order valence-electron chi connectivity index (χ2n) is 5.97. The minimum absolute atomic E-state index is 0. The molecule has 0 radical (unpaired) electrons. The largest absolute Gasteiger partial charge is 0.444 e. The molecule has 1 amide bonds. The number of piperidine rings is 1. The van der Waals surface area contributed by atoms with Gasteiger partial charge in [-0.1, -0.05) is 0 Å². The number of rotatable bonds is 2. The molecule has 1 fully saturated rings. The summed E-state index contributed by atoms with van der Waals surface area (Å²) in [7, 11) is 0. The molecule has 0 aliphatic carbocycles. The maximum atomic E-state index is 12.4. The Kier molecular flexibility index (Phi) is 5.27. The Bertz CT molecular complexity index is 723. The van der Waals surface area contributed by atoms with Crippen molar-refractivity contribution >= 4 is 34.2 Å². The quantitative estimate of drug-likeness (QED) is 0.812. The lowest BCUT2D eigenvalue weighted by Crippen LogP contribution is -2.38. The van der Waals surface area contributed by atoms with E-state index in [2.05, 4.69) is 36.0 Å². The summed E-state index contributed by atoms with van der Waals surface area (Å²) in [5.41, 5.74) is 0. The molecular formula is C15H19BrClN5O2. The Hall–Kier alpha value is -1.38. The first kappa shape index (κ1) is 17.4. The minimum atomic E-state index is -0.0402. The molecule has 4 heterocycles. The summed E-state index contributed by atoms with van der Waals surface area (Å²) in [4.78, 5) is 14.3. The molecule has 24 heavy (non-hydrogen) atoms. The number of aromatic nitrogens is 3. The van der Waals surface area contributed by atoms with Crippen LogP contribution >= 0.6 is 28.3 Å². The number of carbonyl (C=O) groups is 1. The SMILES string of the molecule is Cl.O=C(c1ccc(Br)o1)N1CCC(c2nnc3n2CCNC3)CC1. The smallest absolute Gasteiger partial charge is 0.289 e. The highest BCUT2D eigenvalue weighted by atomic mass is 79.9. The number of nitrogens with zero attached hydrogens (tertiary/aromatic N) is 4. The molecule has 2 aromatic rings. The number of amides is 1. The van der Waals surface area contributed by atoms with Crippen LogP contribution in [0.5, 0.6) is 0 Å². The predicted octanol–water partition coefficient (Wildman–Crippen LogP) is 2.18. The van der Waals surface area contributed by atoms with Crippen LogP contribution in [0, 0.1) is 0 Å². The first-order valence-electron chi connectivity index (χ1n) is 7.89. The standard InChI is InChI=1S/C15H18BrN5O2.ClH/c16-12-2-1-11(23-12)15(22)20-6-3-10(4-7-20)14-19-18-13-9-17-5-8-21(13)14;/h1-2,10,17H,3-9H2;1H. The molecule has 2 aliphatic heterocycles. The average Bonchev–Trinajstić information content (AvgIpc) is 3.21. The van der Waals surface area contributed by atoms with Gasteiger partial charge in [0.1, 0.15) is 11.6 Å². The highest BCUT2D eigenvalue weighted by molar-refractivity contribution is 9.10. The van der Waals surface area contributed by atoms with Crippen molar-refractivity contribution in [3.05, 3.63) is 34.2 Å². The van der Waals surface area contributed by atoms with Gasteiger partial charge in [-0.25, -0.2) is 0 Å². The van der Waals surface area contributed by atoms with Gasteiger partial charge in [-0.05, 0) is 40.9 Å². The van der Waals surface area contributed by atoms with Crippen LogP contribution in [0.4, 0.5) is 0 Å². The predicted molar refractivity (Wildman–Crippen MR) is 93.3 cm³/mol. The average molecular weight is 417 g/mol. The number of carbonyl (C=O) groups excluding carboxylic acids is 1. The molecule has 2 aromatic heterocycles. The number of likely N-dealkylation sites (tertiary alicyclic amines) is 1. The van der Waals surface area contributed by atoms with Crippen LogP contribution in [0.3, 0.4) is 0 Å². The van der Waals surface area contributed by atoms with Crippen LogP contribution in [0.15, 0.2) is 21.2 Å². The van der Waals surface area contributed by atoms with Gasteiger partial charge in [0.25, 0.3) is 5.91 Å². The Labute approximate surface area is 154 Å². The molecule has 0 unspecified atom stereocenters. The second-order valence-corrected chi connectivity index (χ2v) is 6.75. The van der Waals surface area contributed by atoms with Crippen LogP contribution < -0.4 is 5.32 Å². The molecule has 1 N–H and O–H groups in total. The van der Waals surface area contributed by atoms with E-state index < -0.39 is 0 Å². The number of furan rings is 1. The van der Waals surface area contributed by atoms with Crippen LogP contribution in [0.2, 0.25) is 0 Å². The van der Waals surface area contributed by atoms with Gasteiger partial charge in [0, 0.05) is 32.1 Å². The van der Waals surface area contributed by atoms with Crippen LogP contribution in [-0.2, 0) is 13.1 Å². The summed E-state index contributed by atoms with van der Waals surface area (Å²) in [6, 6.07) is 3.46. The summed E-state index contributed by atoms with van der Waals surface area (Å²) in [6.45, 7) is 4.13. The molecule has 130 valence electrons. The highest BCUT2D eigenvalue weighted by Gasteiger charge is 2.29. The Morgan fingerprint density at radius 2 is 2.04 bits per heavy atom. The number of halogens is 2. The summed E-state index contributed by atoms with van der Waals surface area (Å²) in [5.74, 6) is 2.82. The normalized spacial score (nSPS) is 18.1. The topological polar surface area (TPSA) is 76.2 Å². The zero-order valence-corrected chi connectivity index (χ0v) is 15.5. The zero-order chi connectivity index (χ0) is 15.8. The van der Waals surface area contributed by atoms with Gasteiger partial charge in [0.05, 0.1) is 6.54 Å². The van der Waals surface area contributed by atoms with Crippen molar-refractivity contribution in [1.82, 2.24) is 25.0 Å². The highest BCUT2D eigenvalue weighted by Crippen LogP contribution is 2.29. The summed E-state index contributed by atoms with van der Waals surface area (Å²) in [6.07, 6.45) is 1.83. The van der Waals surface area contributed by atoms with E-state index in [1.165, 1.54) is 0 Å². The van der Waals surface area contributed by atoms with E-state index >= 15 is 0 Å². The van der Waals surface area contributed by atoms with E-state index in [0.29, 0.717) is 16.3 Å². The van der Waals surface area contributed by atoms with Gasteiger partial charge in [-0.2, -0.15) is 0 Å². The second kappa shape index (κ2) is 7.25. The van der Waals surface area contributed by atoms with E-state index in [1.54, 1.807) is 12.1 Å². The van der Waals surface area contributed by atoms with Crippen LogP contribution in [0.1, 0.15) is 41.0 Å². The Balaban J connectivity index is 0.00000169. The first-order chi connectivity index (χ1) is 11.2. The van der Waals surface area contributed by atoms with Crippen molar-refractivity contribution in [3.63, 3.8) is 0 Å². The van der Waals surface area contributed by atoms with Gasteiger partial charge in [0.2, 0.25) is 0 Å².